The van der Waals surface area contributed by atoms with Gasteiger partial charge in [-0.05, 0) is 103 Å². The van der Waals surface area contributed by atoms with Gasteiger partial charge in [-0.1, -0.05) is 210 Å². The van der Waals surface area contributed by atoms with Crippen molar-refractivity contribution in [3.63, 3.8) is 0 Å². The van der Waals surface area contributed by atoms with Crippen LogP contribution >= 0.6 is 0 Å². The van der Waals surface area contributed by atoms with Crippen LogP contribution in [0.5, 0.6) is 0 Å². The summed E-state index contributed by atoms with van der Waals surface area (Å²) in [7, 11) is 0. The first-order chi connectivity index (χ1) is 30.6. The van der Waals surface area contributed by atoms with Gasteiger partial charge in [0.1, 0.15) is 6.61 Å². The van der Waals surface area contributed by atoms with Crippen LogP contribution in [0, 0.1) is 0 Å². The Morgan fingerprint density at radius 3 is 1.18 bits per heavy atom. The van der Waals surface area contributed by atoms with E-state index in [2.05, 4.69) is 81.5 Å². The standard InChI is InChI=1S/C57H102O5/c1-4-7-10-13-16-19-22-24-26-28-29-30-31-33-36-38-41-44-47-50-56(58)61-54-55(62-57(59)51-48-45-42-39-35-21-18-15-12-9-6-3)53-60-52-49-46-43-40-37-34-32-27-25-23-20-17-14-11-8-5-2/h15-16,18-19,24-27,29-30,55H,4-14,17,20-23,28,31-54H2,1-3H3/b18-15-,19-16-,26-24-,27-25-,30-29-. The normalized spacial score (nSPS) is 12.6. The van der Waals surface area contributed by atoms with Crippen molar-refractivity contribution in [1.29, 1.82) is 0 Å². The molecule has 0 N–H and O–H groups in total. The van der Waals surface area contributed by atoms with Gasteiger partial charge in [0.15, 0.2) is 6.10 Å². The van der Waals surface area contributed by atoms with Crippen LogP contribution < -0.4 is 0 Å². The molecule has 1 unspecified atom stereocenters. The second kappa shape index (κ2) is 52.9. The van der Waals surface area contributed by atoms with Crippen molar-refractivity contribution in [2.75, 3.05) is 19.8 Å². The van der Waals surface area contributed by atoms with E-state index in [1.165, 1.54) is 154 Å². The Labute approximate surface area is 385 Å². The Bertz CT molecular complexity index is 1070. The van der Waals surface area contributed by atoms with Crippen LogP contribution in [-0.2, 0) is 23.8 Å². The summed E-state index contributed by atoms with van der Waals surface area (Å²) in [5, 5.41) is 0. The summed E-state index contributed by atoms with van der Waals surface area (Å²) in [5.74, 6) is -0.420. The number of carbonyl (C=O) groups is 2. The highest BCUT2D eigenvalue weighted by Gasteiger charge is 2.17. The number of hydrogen-bond donors (Lipinski definition) is 0. The van der Waals surface area contributed by atoms with Crippen molar-refractivity contribution < 1.29 is 23.8 Å². The van der Waals surface area contributed by atoms with Crippen molar-refractivity contribution >= 4 is 11.9 Å². The molecule has 1 atom stereocenters. The summed E-state index contributed by atoms with van der Waals surface area (Å²) in [6.45, 7) is 7.75. The molecule has 0 aliphatic rings. The van der Waals surface area contributed by atoms with E-state index in [1.807, 2.05) is 0 Å². The Morgan fingerprint density at radius 2 is 0.694 bits per heavy atom. The van der Waals surface area contributed by atoms with Crippen LogP contribution in [0.2, 0.25) is 0 Å². The molecular formula is C57H102O5. The van der Waals surface area contributed by atoms with Gasteiger partial charge in [-0.3, -0.25) is 9.59 Å². The predicted octanol–water partition coefficient (Wildman–Crippen LogP) is 18.1. The largest absolute Gasteiger partial charge is 0.462 e. The molecule has 0 radical (unpaired) electrons. The van der Waals surface area contributed by atoms with Crippen molar-refractivity contribution in [3.05, 3.63) is 60.8 Å². The highest BCUT2D eigenvalue weighted by molar-refractivity contribution is 5.70. The monoisotopic (exact) mass is 867 g/mol. The Hall–Kier alpha value is -2.40. The maximum Gasteiger partial charge on any atom is 0.306 e. The van der Waals surface area contributed by atoms with Crippen LogP contribution in [0.25, 0.3) is 0 Å². The number of esters is 2. The minimum atomic E-state index is -0.549. The second-order valence-electron chi connectivity index (χ2n) is 17.8. The molecule has 62 heavy (non-hydrogen) atoms. The predicted molar refractivity (Wildman–Crippen MR) is 270 cm³/mol. The third kappa shape index (κ3) is 50.2. The molecule has 0 aliphatic heterocycles. The Morgan fingerprint density at radius 1 is 0.355 bits per heavy atom. The third-order valence-corrected chi connectivity index (χ3v) is 11.5. The quantitative estimate of drug-likeness (QED) is 0.0346. The third-order valence-electron chi connectivity index (χ3n) is 11.5. The summed E-state index contributed by atoms with van der Waals surface area (Å²) < 4.78 is 17.4. The van der Waals surface area contributed by atoms with Gasteiger partial charge in [0.05, 0.1) is 6.61 Å². The molecule has 0 rings (SSSR count). The number of carbonyl (C=O) groups excluding carboxylic acids is 2. The molecule has 0 spiro atoms. The summed E-state index contributed by atoms with van der Waals surface area (Å²) >= 11 is 0. The van der Waals surface area contributed by atoms with Crippen LogP contribution in [0.4, 0.5) is 0 Å². The maximum absolute atomic E-state index is 12.8. The first-order valence-electron chi connectivity index (χ1n) is 26.8. The van der Waals surface area contributed by atoms with Crippen LogP contribution in [0.15, 0.2) is 60.8 Å². The molecule has 0 saturated heterocycles. The number of ether oxygens (including phenoxy) is 3. The van der Waals surface area contributed by atoms with E-state index in [0.717, 1.165) is 77.0 Å². The highest BCUT2D eigenvalue weighted by atomic mass is 16.6. The van der Waals surface area contributed by atoms with Crippen LogP contribution in [0.3, 0.4) is 0 Å². The molecule has 0 fully saturated rings. The summed E-state index contributed by atoms with van der Waals surface area (Å²) in [5.41, 5.74) is 0. The molecule has 360 valence electrons. The Kier molecular flexibility index (Phi) is 50.9. The Balaban J connectivity index is 4.25. The minimum absolute atomic E-state index is 0.0727. The van der Waals surface area contributed by atoms with Crippen molar-refractivity contribution in [1.82, 2.24) is 0 Å². The molecule has 0 aromatic carbocycles. The lowest BCUT2D eigenvalue weighted by Crippen LogP contribution is -2.30. The van der Waals surface area contributed by atoms with Gasteiger partial charge in [0.25, 0.3) is 0 Å². The SMILES string of the molecule is CCCC/C=C\CCCCCCCC(=O)OC(COCCCCCCCC/C=C\CCCCCCCC)COC(=O)CCCCCCCC/C=C\C/C=C\C/C=C\CCCCC. The fourth-order valence-electron chi connectivity index (χ4n) is 7.43. The van der Waals surface area contributed by atoms with E-state index in [0.29, 0.717) is 19.4 Å². The fraction of sp³-hybridized carbons (Fsp3) is 0.789. The lowest BCUT2D eigenvalue weighted by atomic mass is 10.1. The molecular weight excluding hydrogens is 765 g/mol. The number of unbranched alkanes of at least 4 members (excludes halogenated alkanes) is 28. The van der Waals surface area contributed by atoms with Gasteiger partial charge < -0.3 is 14.2 Å². The molecule has 0 bridgehead atoms. The molecule has 5 heteroatoms. The molecule has 0 saturated carbocycles. The zero-order valence-electron chi connectivity index (χ0n) is 41.4. The summed E-state index contributed by atoms with van der Waals surface area (Å²) in [4.78, 5) is 25.4. The maximum atomic E-state index is 12.8. The van der Waals surface area contributed by atoms with Crippen molar-refractivity contribution in [3.8, 4) is 0 Å². The van der Waals surface area contributed by atoms with E-state index >= 15 is 0 Å². The van der Waals surface area contributed by atoms with Gasteiger partial charge in [-0.2, -0.15) is 0 Å². The average Bonchev–Trinajstić information content (AvgIpc) is 3.27. The molecule has 5 nitrogen and oxygen atoms in total. The molecule has 0 aromatic rings. The molecule has 0 aliphatic carbocycles. The zero-order chi connectivity index (χ0) is 44.9. The minimum Gasteiger partial charge on any atom is -0.462 e. The number of allylic oxidation sites excluding steroid dienone is 10. The summed E-state index contributed by atoms with van der Waals surface area (Å²) in [6, 6.07) is 0. The van der Waals surface area contributed by atoms with Gasteiger partial charge in [-0.25, -0.2) is 0 Å². The van der Waals surface area contributed by atoms with E-state index in [-0.39, 0.29) is 25.2 Å². The molecule has 0 amide bonds. The lowest BCUT2D eigenvalue weighted by molar-refractivity contribution is -0.163. The molecule has 0 aromatic heterocycles. The topological polar surface area (TPSA) is 61.8 Å². The highest BCUT2D eigenvalue weighted by Crippen LogP contribution is 2.14. The number of hydrogen-bond acceptors (Lipinski definition) is 5. The fourth-order valence-corrected chi connectivity index (χ4v) is 7.43. The second-order valence-corrected chi connectivity index (χ2v) is 17.8. The van der Waals surface area contributed by atoms with E-state index in [9.17, 15) is 9.59 Å². The van der Waals surface area contributed by atoms with Gasteiger partial charge in [-0.15, -0.1) is 0 Å². The van der Waals surface area contributed by atoms with E-state index < -0.39 is 6.10 Å². The zero-order valence-corrected chi connectivity index (χ0v) is 41.4. The van der Waals surface area contributed by atoms with Crippen molar-refractivity contribution in [2.24, 2.45) is 0 Å². The van der Waals surface area contributed by atoms with E-state index in [1.54, 1.807) is 0 Å². The number of rotatable bonds is 49. The van der Waals surface area contributed by atoms with Gasteiger partial charge in [0.2, 0.25) is 0 Å². The van der Waals surface area contributed by atoms with E-state index in [4.69, 9.17) is 14.2 Å². The van der Waals surface area contributed by atoms with Crippen LogP contribution in [0.1, 0.15) is 265 Å². The van der Waals surface area contributed by atoms with Gasteiger partial charge >= 0.3 is 11.9 Å². The first kappa shape index (κ1) is 59.6. The first-order valence-corrected chi connectivity index (χ1v) is 26.8. The molecule has 0 heterocycles. The van der Waals surface area contributed by atoms with Crippen LogP contribution in [-0.4, -0.2) is 37.9 Å². The smallest absolute Gasteiger partial charge is 0.306 e. The average molecular weight is 867 g/mol. The van der Waals surface area contributed by atoms with Crippen molar-refractivity contribution in [2.45, 2.75) is 271 Å². The van der Waals surface area contributed by atoms with Gasteiger partial charge in [0, 0.05) is 19.4 Å². The summed E-state index contributed by atoms with van der Waals surface area (Å²) in [6.07, 6.45) is 66.6. The lowest BCUT2D eigenvalue weighted by Gasteiger charge is -2.18.